The SMILES string of the molecule is Cc1ccc(CCC(=O)N(Cc2cccc(Cl)c2)[C@H](C)C(=O)NC(C)C)cc1. The molecule has 0 aromatic heterocycles. The summed E-state index contributed by atoms with van der Waals surface area (Å²) in [5.74, 6) is -0.201. The second kappa shape index (κ2) is 10.3. The Morgan fingerprint density at radius 1 is 1.04 bits per heavy atom. The molecule has 2 rings (SSSR count). The lowest BCUT2D eigenvalue weighted by Crippen LogP contribution is -2.49. The smallest absolute Gasteiger partial charge is 0.242 e. The van der Waals surface area contributed by atoms with Gasteiger partial charge in [-0.1, -0.05) is 53.6 Å². The molecule has 2 aromatic carbocycles. The van der Waals surface area contributed by atoms with Crippen LogP contribution in [0.3, 0.4) is 0 Å². The minimum absolute atomic E-state index is 0.0191. The average Bonchev–Trinajstić information content (AvgIpc) is 2.64. The average molecular weight is 401 g/mol. The summed E-state index contributed by atoms with van der Waals surface area (Å²) in [6, 6.07) is 15.0. The maximum absolute atomic E-state index is 13.0. The molecular formula is C23H29ClN2O2. The van der Waals surface area contributed by atoms with Crippen LogP contribution < -0.4 is 5.32 Å². The molecule has 0 fully saturated rings. The van der Waals surface area contributed by atoms with E-state index in [0.29, 0.717) is 24.4 Å². The van der Waals surface area contributed by atoms with E-state index in [4.69, 9.17) is 11.6 Å². The van der Waals surface area contributed by atoms with E-state index in [9.17, 15) is 9.59 Å². The first-order chi connectivity index (χ1) is 13.3. The number of nitrogens with one attached hydrogen (secondary N) is 1. The molecule has 0 aliphatic heterocycles. The second-order valence-electron chi connectivity index (χ2n) is 7.48. The number of aryl methyl sites for hydroxylation is 2. The highest BCUT2D eigenvalue weighted by molar-refractivity contribution is 6.30. The third-order valence-corrected chi connectivity index (χ3v) is 4.82. The summed E-state index contributed by atoms with van der Waals surface area (Å²) in [4.78, 5) is 27.2. The number of halogens is 1. The number of nitrogens with zero attached hydrogens (tertiary/aromatic N) is 1. The van der Waals surface area contributed by atoms with Gasteiger partial charge in [-0.2, -0.15) is 0 Å². The minimum Gasteiger partial charge on any atom is -0.352 e. The highest BCUT2D eigenvalue weighted by Gasteiger charge is 2.26. The standard InChI is InChI=1S/C23H29ClN2O2/c1-16(2)25-23(28)18(4)26(15-20-6-5-7-21(24)14-20)22(27)13-12-19-10-8-17(3)9-11-19/h5-11,14,16,18H,12-13,15H2,1-4H3,(H,25,28)/t18-/m1/s1. The number of benzene rings is 2. The summed E-state index contributed by atoms with van der Waals surface area (Å²) in [6.07, 6.45) is 0.993. The van der Waals surface area contributed by atoms with E-state index in [1.165, 1.54) is 5.56 Å². The van der Waals surface area contributed by atoms with Gasteiger partial charge < -0.3 is 10.2 Å². The van der Waals surface area contributed by atoms with Crippen LogP contribution >= 0.6 is 11.6 Å². The Kier molecular flexibility index (Phi) is 8.06. The zero-order chi connectivity index (χ0) is 20.7. The van der Waals surface area contributed by atoms with Gasteiger partial charge in [0.05, 0.1) is 0 Å². The van der Waals surface area contributed by atoms with Crippen LogP contribution in [0.1, 0.15) is 43.9 Å². The van der Waals surface area contributed by atoms with Crippen molar-refractivity contribution in [3.63, 3.8) is 0 Å². The van der Waals surface area contributed by atoms with Gasteiger partial charge in [-0.3, -0.25) is 9.59 Å². The molecule has 0 aliphatic carbocycles. The van der Waals surface area contributed by atoms with Gasteiger partial charge in [0.15, 0.2) is 0 Å². The lowest BCUT2D eigenvalue weighted by molar-refractivity contribution is -0.140. The van der Waals surface area contributed by atoms with Gasteiger partial charge in [0.2, 0.25) is 11.8 Å². The van der Waals surface area contributed by atoms with Crippen LogP contribution in [0.15, 0.2) is 48.5 Å². The maximum Gasteiger partial charge on any atom is 0.242 e. The summed E-state index contributed by atoms with van der Waals surface area (Å²) in [5.41, 5.74) is 3.21. The zero-order valence-corrected chi connectivity index (χ0v) is 17.8. The Balaban J connectivity index is 2.14. The van der Waals surface area contributed by atoms with Crippen LogP contribution in [0, 0.1) is 6.92 Å². The molecule has 2 aromatic rings. The van der Waals surface area contributed by atoms with Crippen molar-refractivity contribution in [1.82, 2.24) is 10.2 Å². The Morgan fingerprint density at radius 2 is 1.71 bits per heavy atom. The molecule has 0 unspecified atom stereocenters. The highest BCUT2D eigenvalue weighted by atomic mass is 35.5. The number of hydrogen-bond acceptors (Lipinski definition) is 2. The van der Waals surface area contributed by atoms with Crippen LogP contribution in [0.5, 0.6) is 0 Å². The molecule has 0 saturated heterocycles. The second-order valence-corrected chi connectivity index (χ2v) is 7.91. The van der Waals surface area contributed by atoms with E-state index < -0.39 is 6.04 Å². The van der Waals surface area contributed by atoms with Crippen LogP contribution in [-0.2, 0) is 22.6 Å². The molecular weight excluding hydrogens is 372 g/mol. The molecule has 0 bridgehead atoms. The van der Waals surface area contributed by atoms with E-state index in [-0.39, 0.29) is 17.9 Å². The third kappa shape index (κ3) is 6.68. The summed E-state index contributed by atoms with van der Waals surface area (Å²) < 4.78 is 0. The predicted octanol–water partition coefficient (Wildman–Crippen LogP) is 4.52. The van der Waals surface area contributed by atoms with E-state index in [1.807, 2.05) is 63.2 Å². The number of rotatable bonds is 8. The van der Waals surface area contributed by atoms with Gasteiger partial charge in [0.1, 0.15) is 6.04 Å². The van der Waals surface area contributed by atoms with Crippen molar-refractivity contribution in [1.29, 1.82) is 0 Å². The molecule has 1 atom stereocenters. The molecule has 28 heavy (non-hydrogen) atoms. The van der Waals surface area contributed by atoms with E-state index in [1.54, 1.807) is 17.9 Å². The fraction of sp³-hybridized carbons (Fsp3) is 0.391. The predicted molar refractivity (Wildman–Crippen MR) is 114 cm³/mol. The Hall–Kier alpha value is -2.33. The first-order valence-electron chi connectivity index (χ1n) is 9.66. The molecule has 4 nitrogen and oxygen atoms in total. The maximum atomic E-state index is 13.0. The van der Waals surface area contributed by atoms with Crippen LogP contribution in [0.2, 0.25) is 5.02 Å². The number of carbonyl (C=O) groups excluding carboxylic acids is 2. The first-order valence-corrected chi connectivity index (χ1v) is 10.0. The fourth-order valence-corrected chi connectivity index (χ4v) is 3.18. The van der Waals surface area contributed by atoms with Gasteiger partial charge >= 0.3 is 0 Å². The van der Waals surface area contributed by atoms with Gasteiger partial charge in [0, 0.05) is 24.0 Å². The van der Waals surface area contributed by atoms with Crippen molar-refractivity contribution in [2.45, 2.75) is 59.2 Å². The largest absolute Gasteiger partial charge is 0.352 e. The molecule has 1 N–H and O–H groups in total. The summed E-state index contributed by atoms with van der Waals surface area (Å²) in [7, 11) is 0. The quantitative estimate of drug-likeness (QED) is 0.708. The number of carbonyl (C=O) groups is 2. The molecule has 150 valence electrons. The van der Waals surface area contributed by atoms with Crippen molar-refractivity contribution in [3.8, 4) is 0 Å². The lowest BCUT2D eigenvalue weighted by atomic mass is 10.1. The number of amides is 2. The molecule has 0 saturated carbocycles. The zero-order valence-electron chi connectivity index (χ0n) is 17.0. The Morgan fingerprint density at radius 3 is 2.32 bits per heavy atom. The highest BCUT2D eigenvalue weighted by Crippen LogP contribution is 2.16. The molecule has 0 radical (unpaired) electrons. The van der Waals surface area contributed by atoms with Crippen molar-refractivity contribution >= 4 is 23.4 Å². The van der Waals surface area contributed by atoms with Crippen molar-refractivity contribution in [3.05, 3.63) is 70.2 Å². The lowest BCUT2D eigenvalue weighted by Gasteiger charge is -2.29. The van der Waals surface area contributed by atoms with Gasteiger partial charge in [0.25, 0.3) is 0 Å². The Labute approximate surface area is 172 Å². The van der Waals surface area contributed by atoms with Crippen LogP contribution in [0.25, 0.3) is 0 Å². The molecule has 0 spiro atoms. The van der Waals surface area contributed by atoms with Crippen LogP contribution in [-0.4, -0.2) is 28.8 Å². The first kappa shape index (κ1) is 22.0. The van der Waals surface area contributed by atoms with E-state index >= 15 is 0 Å². The van der Waals surface area contributed by atoms with Gasteiger partial charge in [-0.15, -0.1) is 0 Å². The van der Waals surface area contributed by atoms with E-state index in [0.717, 1.165) is 11.1 Å². The van der Waals surface area contributed by atoms with Crippen molar-refractivity contribution < 1.29 is 9.59 Å². The van der Waals surface area contributed by atoms with E-state index in [2.05, 4.69) is 5.32 Å². The van der Waals surface area contributed by atoms with Crippen LogP contribution in [0.4, 0.5) is 0 Å². The molecule has 2 amide bonds. The molecule has 5 heteroatoms. The normalized spacial score (nSPS) is 11.9. The topological polar surface area (TPSA) is 49.4 Å². The monoisotopic (exact) mass is 400 g/mol. The van der Waals surface area contributed by atoms with Gasteiger partial charge in [-0.05, 0) is 57.4 Å². The van der Waals surface area contributed by atoms with Crippen molar-refractivity contribution in [2.75, 3.05) is 0 Å². The molecule has 0 aliphatic rings. The summed E-state index contributed by atoms with van der Waals surface area (Å²) in [6.45, 7) is 7.97. The molecule has 0 heterocycles. The minimum atomic E-state index is -0.563. The third-order valence-electron chi connectivity index (χ3n) is 4.59. The van der Waals surface area contributed by atoms with Crippen molar-refractivity contribution in [2.24, 2.45) is 0 Å². The summed E-state index contributed by atoms with van der Waals surface area (Å²) in [5, 5.41) is 3.51. The summed E-state index contributed by atoms with van der Waals surface area (Å²) >= 11 is 6.09. The Bertz CT molecular complexity index is 803. The van der Waals surface area contributed by atoms with Gasteiger partial charge in [-0.25, -0.2) is 0 Å². The fourth-order valence-electron chi connectivity index (χ4n) is 2.97. The number of hydrogen-bond donors (Lipinski definition) is 1.